The molecule has 3 rings (SSSR count). The molecule has 2 N–H and O–H groups in total. The number of carbonyl (C=O) groups excluding carboxylic acids is 1. The molecule has 0 aliphatic carbocycles. The number of benzene rings is 2. The van der Waals surface area contributed by atoms with Crippen LogP contribution in [0.1, 0.15) is 38.4 Å². The van der Waals surface area contributed by atoms with E-state index < -0.39 is 11.2 Å². The Balaban J connectivity index is 0.000000228. The lowest BCUT2D eigenvalue weighted by Crippen LogP contribution is -2.32. The molecule has 32 heavy (non-hydrogen) atoms. The summed E-state index contributed by atoms with van der Waals surface area (Å²) in [5.74, 6) is -0.356. The quantitative estimate of drug-likeness (QED) is 0.392. The number of aliphatic hydroxyl groups is 1. The van der Waals surface area contributed by atoms with Gasteiger partial charge in [0.05, 0.1) is 16.7 Å². The first-order valence-electron chi connectivity index (χ1n) is 9.82. The number of nitrogens with one attached hydrogen (secondary N) is 1. The largest absolute Gasteiger partial charge is 0.386 e. The Kier molecular flexibility index (Phi) is 7.93. The fourth-order valence-corrected chi connectivity index (χ4v) is 3.91. The highest BCUT2D eigenvalue weighted by molar-refractivity contribution is 6.31. The summed E-state index contributed by atoms with van der Waals surface area (Å²) in [5.41, 5.74) is 0.243. The molecule has 0 aliphatic rings. The van der Waals surface area contributed by atoms with Crippen molar-refractivity contribution in [2.24, 2.45) is 0 Å². The number of hydrogen-bond acceptors (Lipinski definition) is 5. The van der Waals surface area contributed by atoms with Gasteiger partial charge in [0.1, 0.15) is 5.82 Å². The number of fused-ring (bicyclic) bond motifs is 1. The zero-order valence-electron chi connectivity index (χ0n) is 18.4. The van der Waals surface area contributed by atoms with Gasteiger partial charge in [-0.2, -0.15) is 0 Å². The van der Waals surface area contributed by atoms with Crippen LogP contribution < -0.4 is 10.9 Å². The molecule has 1 unspecified atom stereocenters. The molecular formula is C24H26ClFN2O4. The van der Waals surface area contributed by atoms with Crippen LogP contribution in [-0.2, 0) is 10.2 Å². The predicted octanol–water partition coefficient (Wildman–Crippen LogP) is 5.15. The molecular weight excluding hydrogens is 435 g/mol. The zero-order valence-corrected chi connectivity index (χ0v) is 19.2. The van der Waals surface area contributed by atoms with Crippen molar-refractivity contribution in [3.05, 3.63) is 81.6 Å². The smallest absolute Gasteiger partial charge is 0.366 e. The van der Waals surface area contributed by atoms with Gasteiger partial charge in [0.25, 0.3) is 0 Å². The number of carbonyl (C=O) groups is 1. The van der Waals surface area contributed by atoms with E-state index in [1.807, 2.05) is 13.8 Å². The van der Waals surface area contributed by atoms with Gasteiger partial charge in [-0.3, -0.25) is 4.79 Å². The van der Waals surface area contributed by atoms with Crippen molar-refractivity contribution in [3.63, 3.8) is 0 Å². The molecule has 0 fully saturated rings. The normalized spacial score (nSPS) is 13.0. The first-order valence-corrected chi connectivity index (χ1v) is 10.2. The maximum atomic E-state index is 13.0. The van der Waals surface area contributed by atoms with Gasteiger partial charge in [-0.15, -0.1) is 6.58 Å². The van der Waals surface area contributed by atoms with E-state index in [4.69, 9.17) is 11.6 Å². The number of anilines is 1. The van der Waals surface area contributed by atoms with Gasteiger partial charge in [-0.25, -0.2) is 9.18 Å². The van der Waals surface area contributed by atoms with E-state index in [9.17, 15) is 19.1 Å². The first kappa shape index (κ1) is 25.2. The molecule has 170 valence electrons. The minimum Gasteiger partial charge on any atom is -0.386 e. The Labute approximate surface area is 190 Å². The summed E-state index contributed by atoms with van der Waals surface area (Å²) in [4.78, 5) is 21.5. The number of aryl methyl sites for hydroxylation is 1. The molecule has 8 heteroatoms. The van der Waals surface area contributed by atoms with Gasteiger partial charge in [-0.1, -0.05) is 42.7 Å². The molecule has 0 radical (unpaired) electrons. The fraction of sp³-hybridized carbons (Fsp3) is 0.292. The van der Waals surface area contributed by atoms with Crippen LogP contribution in [0.25, 0.3) is 10.8 Å². The summed E-state index contributed by atoms with van der Waals surface area (Å²) >= 11 is 6.04. The topological polar surface area (TPSA) is 92.4 Å². The highest BCUT2D eigenvalue weighted by Gasteiger charge is 2.31. The van der Waals surface area contributed by atoms with Crippen LogP contribution in [0.4, 0.5) is 10.1 Å². The summed E-state index contributed by atoms with van der Waals surface area (Å²) in [6, 6.07) is 9.25. The summed E-state index contributed by atoms with van der Waals surface area (Å²) in [5, 5.41) is 17.7. The zero-order chi connectivity index (χ0) is 24.1. The molecule has 1 heterocycles. The number of aromatic nitrogens is 1. The van der Waals surface area contributed by atoms with Crippen LogP contribution in [0.15, 0.2) is 58.4 Å². The van der Waals surface area contributed by atoms with Crippen LogP contribution in [-0.4, -0.2) is 22.3 Å². The Morgan fingerprint density at radius 3 is 2.50 bits per heavy atom. The van der Waals surface area contributed by atoms with E-state index in [0.717, 1.165) is 5.56 Å². The molecule has 6 nitrogen and oxygen atoms in total. The Morgan fingerprint density at radius 2 is 1.91 bits per heavy atom. The van der Waals surface area contributed by atoms with E-state index in [-0.39, 0.29) is 11.2 Å². The molecule has 0 bridgehead atoms. The molecule has 1 atom stereocenters. The van der Waals surface area contributed by atoms with Crippen molar-refractivity contribution < 1.29 is 18.8 Å². The van der Waals surface area contributed by atoms with Crippen molar-refractivity contribution in [2.45, 2.75) is 45.1 Å². The van der Waals surface area contributed by atoms with Gasteiger partial charge in [0.15, 0.2) is 0 Å². The Morgan fingerprint density at radius 1 is 1.22 bits per heavy atom. The van der Waals surface area contributed by atoms with Crippen LogP contribution in [0, 0.1) is 12.7 Å². The average molecular weight is 461 g/mol. The molecule has 0 spiro atoms. The summed E-state index contributed by atoms with van der Waals surface area (Å²) < 4.78 is 17.6. The minimum absolute atomic E-state index is 0.356. The standard InChI is InChI=1S/C14H18ClFO.C10H8N2O3/c1-5-14(4,17)9-13(2,3)11-7-6-10(16)8-12(11)15;1-6-9-4-7(11-5-13)2-3-8(9)10(14)15-12-6/h5-8,17H,1,9H2,2-4H3;2-5H,1H3,(H,11,13). The predicted molar refractivity (Wildman–Crippen MR) is 125 cm³/mol. The number of nitrogens with zero attached hydrogens (tertiary/aromatic N) is 1. The lowest BCUT2D eigenvalue weighted by atomic mass is 9.76. The van der Waals surface area contributed by atoms with Gasteiger partial charge in [-0.05, 0) is 61.6 Å². The van der Waals surface area contributed by atoms with Crippen LogP contribution in [0.5, 0.6) is 0 Å². The number of rotatable bonds is 6. The van der Waals surface area contributed by atoms with Gasteiger partial charge < -0.3 is 14.9 Å². The van der Waals surface area contributed by atoms with E-state index in [2.05, 4.69) is 21.6 Å². The number of amides is 1. The third-order valence-electron chi connectivity index (χ3n) is 5.02. The maximum Gasteiger partial charge on any atom is 0.366 e. The van der Waals surface area contributed by atoms with Gasteiger partial charge in [0, 0.05) is 16.1 Å². The summed E-state index contributed by atoms with van der Waals surface area (Å²) in [6.07, 6.45) is 2.55. The Bertz CT molecular complexity index is 1190. The molecule has 0 saturated carbocycles. The Hall–Kier alpha value is -3.03. The van der Waals surface area contributed by atoms with Gasteiger partial charge >= 0.3 is 5.63 Å². The fourth-order valence-electron chi connectivity index (χ4n) is 3.49. The van der Waals surface area contributed by atoms with Crippen LogP contribution in [0.2, 0.25) is 5.02 Å². The monoisotopic (exact) mass is 460 g/mol. The molecule has 0 aliphatic heterocycles. The third-order valence-corrected chi connectivity index (χ3v) is 5.33. The first-order chi connectivity index (χ1) is 14.9. The highest BCUT2D eigenvalue weighted by atomic mass is 35.5. The maximum absolute atomic E-state index is 13.0. The number of hydrogen-bond donors (Lipinski definition) is 2. The average Bonchev–Trinajstić information content (AvgIpc) is 2.70. The summed E-state index contributed by atoms with van der Waals surface area (Å²) in [6.45, 7) is 11.0. The second kappa shape index (κ2) is 10.1. The second-order valence-corrected chi connectivity index (χ2v) is 8.73. The lowest BCUT2D eigenvalue weighted by molar-refractivity contribution is -0.105. The SMILES string of the molecule is C=CC(C)(O)CC(C)(C)c1ccc(F)cc1Cl.Cc1noc(=O)c2ccc(NC=O)cc12. The number of halogens is 2. The molecule has 0 saturated heterocycles. The third kappa shape index (κ3) is 6.24. The van der Waals surface area contributed by atoms with Crippen molar-refractivity contribution >= 4 is 34.5 Å². The van der Waals surface area contributed by atoms with E-state index in [1.54, 1.807) is 38.1 Å². The minimum atomic E-state index is -0.971. The van der Waals surface area contributed by atoms with Crippen LogP contribution in [0.3, 0.4) is 0 Å². The van der Waals surface area contributed by atoms with E-state index >= 15 is 0 Å². The molecule has 1 amide bonds. The second-order valence-electron chi connectivity index (χ2n) is 8.32. The van der Waals surface area contributed by atoms with Crippen LogP contribution >= 0.6 is 11.6 Å². The molecule has 2 aromatic carbocycles. The van der Waals surface area contributed by atoms with Crippen molar-refractivity contribution in [1.29, 1.82) is 0 Å². The molecule has 1 aromatic heterocycles. The highest BCUT2D eigenvalue weighted by Crippen LogP contribution is 2.36. The summed E-state index contributed by atoms with van der Waals surface area (Å²) in [7, 11) is 0. The van der Waals surface area contributed by atoms with E-state index in [1.165, 1.54) is 18.2 Å². The van der Waals surface area contributed by atoms with Crippen molar-refractivity contribution in [1.82, 2.24) is 5.16 Å². The van der Waals surface area contributed by atoms with Gasteiger partial charge in [0.2, 0.25) is 6.41 Å². The van der Waals surface area contributed by atoms with Crippen molar-refractivity contribution in [2.75, 3.05) is 5.32 Å². The lowest BCUT2D eigenvalue weighted by Gasteiger charge is -2.33. The van der Waals surface area contributed by atoms with E-state index in [0.29, 0.717) is 40.0 Å². The van der Waals surface area contributed by atoms with Crippen molar-refractivity contribution in [3.8, 4) is 0 Å². The molecule has 3 aromatic rings.